The third-order valence-corrected chi connectivity index (χ3v) is 5.41. The van der Waals surface area contributed by atoms with Crippen LogP contribution in [0.4, 0.5) is 0 Å². The van der Waals surface area contributed by atoms with E-state index in [-0.39, 0.29) is 0 Å². The van der Waals surface area contributed by atoms with E-state index in [1.54, 1.807) is 0 Å². The summed E-state index contributed by atoms with van der Waals surface area (Å²) in [5.74, 6) is 0.396. The fourth-order valence-corrected chi connectivity index (χ4v) is 3.79. The lowest BCUT2D eigenvalue weighted by molar-refractivity contribution is -0.130. The van der Waals surface area contributed by atoms with Gasteiger partial charge in [0.15, 0.2) is 0 Å². The summed E-state index contributed by atoms with van der Waals surface area (Å²) >= 11 is 0. The van der Waals surface area contributed by atoms with Crippen molar-refractivity contribution in [2.75, 3.05) is 13.1 Å². The highest BCUT2D eigenvalue weighted by atomic mass is 16.2. The van der Waals surface area contributed by atoms with Crippen molar-refractivity contribution in [3.8, 4) is 0 Å². The Morgan fingerprint density at radius 2 is 1.24 bits per heavy atom. The molecule has 1 aromatic rings. The zero-order valence-corrected chi connectivity index (χ0v) is 16.1. The van der Waals surface area contributed by atoms with Crippen LogP contribution in [0.15, 0.2) is 30.3 Å². The molecule has 1 aliphatic rings. The van der Waals surface area contributed by atoms with Gasteiger partial charge in [-0.1, -0.05) is 81.7 Å². The minimum Gasteiger partial charge on any atom is -0.343 e. The van der Waals surface area contributed by atoms with Crippen LogP contribution in [0.25, 0.3) is 0 Å². The standard InChI is InChI=1S/C23H37NO/c25-23(24-20-14-15-21-24)19-13-8-6-4-2-1-3-5-7-10-16-22-17-11-9-12-18-22/h9,11-12,17-18H,1-8,10,13-16,19-21H2. The largest absolute Gasteiger partial charge is 0.343 e. The molecular formula is C23H37NO. The highest BCUT2D eigenvalue weighted by Crippen LogP contribution is 2.14. The lowest BCUT2D eigenvalue weighted by Gasteiger charge is -2.14. The molecule has 0 unspecified atom stereocenters. The van der Waals surface area contributed by atoms with Crippen molar-refractivity contribution in [1.29, 1.82) is 0 Å². The molecule has 0 N–H and O–H groups in total. The SMILES string of the molecule is O=C(CCCCCCCCCCCCc1ccccc1)N1CCCC1. The predicted molar refractivity (Wildman–Crippen MR) is 107 cm³/mol. The number of likely N-dealkylation sites (tertiary alicyclic amines) is 1. The van der Waals surface area contributed by atoms with Crippen molar-refractivity contribution in [2.24, 2.45) is 0 Å². The van der Waals surface area contributed by atoms with Gasteiger partial charge in [0.1, 0.15) is 0 Å². The highest BCUT2D eigenvalue weighted by molar-refractivity contribution is 5.76. The molecule has 1 fully saturated rings. The highest BCUT2D eigenvalue weighted by Gasteiger charge is 2.16. The zero-order valence-electron chi connectivity index (χ0n) is 16.1. The van der Waals surface area contributed by atoms with Crippen LogP contribution < -0.4 is 0 Å². The average molecular weight is 344 g/mol. The van der Waals surface area contributed by atoms with Gasteiger partial charge < -0.3 is 4.90 Å². The molecule has 1 aromatic carbocycles. The molecule has 1 heterocycles. The second-order valence-electron chi connectivity index (χ2n) is 7.61. The molecule has 0 radical (unpaired) electrons. The van der Waals surface area contributed by atoms with Gasteiger partial charge in [0.25, 0.3) is 0 Å². The summed E-state index contributed by atoms with van der Waals surface area (Å²) in [4.78, 5) is 14.0. The summed E-state index contributed by atoms with van der Waals surface area (Å²) in [6.07, 6.45) is 17.6. The normalized spacial score (nSPS) is 14.2. The van der Waals surface area contributed by atoms with Gasteiger partial charge >= 0.3 is 0 Å². The van der Waals surface area contributed by atoms with E-state index in [1.165, 1.54) is 82.6 Å². The first-order valence-corrected chi connectivity index (χ1v) is 10.7. The van der Waals surface area contributed by atoms with Crippen molar-refractivity contribution in [2.45, 2.75) is 89.9 Å². The maximum absolute atomic E-state index is 11.9. The number of benzene rings is 1. The van der Waals surface area contributed by atoms with E-state index in [0.29, 0.717) is 5.91 Å². The van der Waals surface area contributed by atoms with Crippen LogP contribution in [0.3, 0.4) is 0 Å². The Kier molecular flexibility index (Phi) is 10.4. The molecule has 1 saturated heterocycles. The Bertz CT molecular complexity index is 450. The molecule has 0 aliphatic carbocycles. The van der Waals surface area contributed by atoms with Crippen LogP contribution in [0.1, 0.15) is 89.0 Å². The molecule has 0 saturated carbocycles. The van der Waals surface area contributed by atoms with E-state index >= 15 is 0 Å². The second kappa shape index (κ2) is 13.0. The molecule has 1 aliphatic heterocycles. The minimum absolute atomic E-state index is 0.396. The number of carbonyl (C=O) groups excluding carboxylic acids is 1. The summed E-state index contributed by atoms with van der Waals surface area (Å²) in [6.45, 7) is 2.01. The number of hydrogen-bond donors (Lipinski definition) is 0. The van der Waals surface area contributed by atoms with Gasteiger partial charge in [0.05, 0.1) is 0 Å². The zero-order chi connectivity index (χ0) is 17.6. The van der Waals surface area contributed by atoms with E-state index in [2.05, 4.69) is 35.2 Å². The van der Waals surface area contributed by atoms with Crippen molar-refractivity contribution < 1.29 is 4.79 Å². The van der Waals surface area contributed by atoms with Gasteiger partial charge in [-0.25, -0.2) is 0 Å². The quantitative estimate of drug-likeness (QED) is 0.394. The molecule has 0 bridgehead atoms. The number of hydrogen-bond acceptors (Lipinski definition) is 1. The van der Waals surface area contributed by atoms with Gasteiger partial charge in [-0.05, 0) is 37.7 Å². The molecule has 0 aromatic heterocycles. The summed E-state index contributed by atoms with van der Waals surface area (Å²) < 4.78 is 0. The number of carbonyl (C=O) groups is 1. The number of amides is 1. The van der Waals surface area contributed by atoms with Crippen molar-refractivity contribution in [3.63, 3.8) is 0 Å². The maximum atomic E-state index is 11.9. The topological polar surface area (TPSA) is 20.3 Å². The van der Waals surface area contributed by atoms with Gasteiger partial charge in [-0.2, -0.15) is 0 Å². The Labute approximate surface area is 155 Å². The molecular weight excluding hydrogens is 306 g/mol. The smallest absolute Gasteiger partial charge is 0.222 e. The van der Waals surface area contributed by atoms with Gasteiger partial charge in [0, 0.05) is 19.5 Å². The summed E-state index contributed by atoms with van der Waals surface area (Å²) in [5, 5.41) is 0. The third kappa shape index (κ3) is 9.09. The summed E-state index contributed by atoms with van der Waals surface area (Å²) in [5.41, 5.74) is 1.48. The van der Waals surface area contributed by atoms with Crippen molar-refractivity contribution >= 4 is 5.91 Å². The van der Waals surface area contributed by atoms with Crippen LogP contribution in [-0.4, -0.2) is 23.9 Å². The molecule has 2 rings (SSSR count). The average Bonchev–Trinajstić information content (AvgIpc) is 3.18. The predicted octanol–water partition coefficient (Wildman–Crippen LogP) is 6.14. The number of aryl methyl sites for hydroxylation is 1. The van der Waals surface area contributed by atoms with E-state index in [4.69, 9.17) is 0 Å². The van der Waals surface area contributed by atoms with Gasteiger partial charge in [0.2, 0.25) is 5.91 Å². The van der Waals surface area contributed by atoms with Crippen LogP contribution >= 0.6 is 0 Å². The number of unbranched alkanes of at least 4 members (excludes halogenated alkanes) is 9. The van der Waals surface area contributed by atoms with Crippen LogP contribution in [0.2, 0.25) is 0 Å². The first kappa shape index (κ1) is 20.0. The third-order valence-electron chi connectivity index (χ3n) is 5.41. The Balaban J connectivity index is 1.30. The molecule has 140 valence electrons. The van der Waals surface area contributed by atoms with E-state index in [0.717, 1.165) is 25.9 Å². The van der Waals surface area contributed by atoms with E-state index in [9.17, 15) is 4.79 Å². The Morgan fingerprint density at radius 1 is 0.720 bits per heavy atom. The van der Waals surface area contributed by atoms with Gasteiger partial charge in [-0.15, -0.1) is 0 Å². The monoisotopic (exact) mass is 343 g/mol. The molecule has 0 spiro atoms. The molecule has 0 atom stereocenters. The van der Waals surface area contributed by atoms with Crippen LogP contribution in [0.5, 0.6) is 0 Å². The van der Waals surface area contributed by atoms with Crippen molar-refractivity contribution in [1.82, 2.24) is 4.90 Å². The fourth-order valence-electron chi connectivity index (χ4n) is 3.79. The molecule has 1 amide bonds. The lowest BCUT2D eigenvalue weighted by atomic mass is 10.0. The Hall–Kier alpha value is -1.31. The van der Waals surface area contributed by atoms with Crippen LogP contribution in [-0.2, 0) is 11.2 Å². The maximum Gasteiger partial charge on any atom is 0.222 e. The second-order valence-corrected chi connectivity index (χ2v) is 7.61. The van der Waals surface area contributed by atoms with E-state index in [1.807, 2.05) is 0 Å². The number of rotatable bonds is 13. The first-order valence-electron chi connectivity index (χ1n) is 10.7. The number of nitrogens with zero attached hydrogens (tertiary/aromatic N) is 1. The minimum atomic E-state index is 0.396. The molecule has 2 heteroatoms. The lowest BCUT2D eigenvalue weighted by Crippen LogP contribution is -2.27. The van der Waals surface area contributed by atoms with Crippen LogP contribution in [0, 0.1) is 0 Å². The summed E-state index contributed by atoms with van der Waals surface area (Å²) in [7, 11) is 0. The van der Waals surface area contributed by atoms with Crippen molar-refractivity contribution in [3.05, 3.63) is 35.9 Å². The fraction of sp³-hybridized carbons (Fsp3) is 0.696. The summed E-state index contributed by atoms with van der Waals surface area (Å²) in [6, 6.07) is 10.8. The molecule has 25 heavy (non-hydrogen) atoms. The van der Waals surface area contributed by atoms with Gasteiger partial charge in [-0.3, -0.25) is 4.79 Å². The Morgan fingerprint density at radius 3 is 1.84 bits per heavy atom. The first-order chi connectivity index (χ1) is 12.4. The van der Waals surface area contributed by atoms with E-state index < -0.39 is 0 Å². The molecule has 2 nitrogen and oxygen atoms in total.